The number of methoxy groups -OCH3 is 1. The first-order chi connectivity index (χ1) is 14.2. The van der Waals surface area contributed by atoms with Crippen molar-refractivity contribution >= 4 is 23.2 Å². The Balaban J connectivity index is 1.48. The maximum atomic E-state index is 6.36. The summed E-state index contributed by atoms with van der Waals surface area (Å²) in [6.07, 6.45) is 5.33. The average molecular weight is 415 g/mol. The molecule has 0 saturated carbocycles. The van der Waals surface area contributed by atoms with Gasteiger partial charge in [-0.05, 0) is 12.1 Å². The molecule has 9 heteroatoms. The zero-order chi connectivity index (χ0) is 20.1. The number of hydrogen-bond acceptors (Lipinski definition) is 7. The summed E-state index contributed by atoms with van der Waals surface area (Å²) in [6, 6.07) is 7.60. The highest BCUT2D eigenvalue weighted by Gasteiger charge is 2.13. The second-order valence-electron chi connectivity index (χ2n) is 6.66. The number of morpholine rings is 1. The van der Waals surface area contributed by atoms with Gasteiger partial charge in [-0.2, -0.15) is 5.10 Å². The summed E-state index contributed by atoms with van der Waals surface area (Å²) in [5, 5.41) is 8.12. The van der Waals surface area contributed by atoms with Gasteiger partial charge in [-0.25, -0.2) is 9.97 Å². The predicted molar refractivity (Wildman–Crippen MR) is 112 cm³/mol. The van der Waals surface area contributed by atoms with Gasteiger partial charge in [0, 0.05) is 31.4 Å². The lowest BCUT2D eigenvalue weighted by Gasteiger charge is -2.26. The van der Waals surface area contributed by atoms with E-state index in [0.717, 1.165) is 50.6 Å². The molecule has 0 unspecified atom stereocenters. The molecule has 4 rings (SSSR count). The van der Waals surface area contributed by atoms with Gasteiger partial charge in [0.2, 0.25) is 5.95 Å². The van der Waals surface area contributed by atoms with E-state index in [1.165, 1.54) is 0 Å². The van der Waals surface area contributed by atoms with Crippen LogP contribution in [0.1, 0.15) is 0 Å². The van der Waals surface area contributed by atoms with Gasteiger partial charge in [-0.1, -0.05) is 23.7 Å². The molecule has 0 amide bonds. The molecule has 1 aliphatic heterocycles. The van der Waals surface area contributed by atoms with Gasteiger partial charge < -0.3 is 14.8 Å². The molecule has 0 bridgehead atoms. The fourth-order valence-electron chi connectivity index (χ4n) is 3.17. The van der Waals surface area contributed by atoms with E-state index in [0.29, 0.717) is 22.4 Å². The van der Waals surface area contributed by atoms with E-state index in [-0.39, 0.29) is 0 Å². The lowest BCUT2D eigenvalue weighted by atomic mass is 10.2. The van der Waals surface area contributed by atoms with Crippen molar-refractivity contribution in [3.63, 3.8) is 0 Å². The maximum absolute atomic E-state index is 6.36. The third-order valence-corrected chi connectivity index (χ3v) is 5.03. The van der Waals surface area contributed by atoms with Gasteiger partial charge in [0.1, 0.15) is 5.75 Å². The van der Waals surface area contributed by atoms with Gasteiger partial charge in [0.15, 0.2) is 0 Å². The second-order valence-corrected chi connectivity index (χ2v) is 7.07. The topological polar surface area (TPSA) is 77.3 Å². The normalized spacial score (nSPS) is 14.7. The van der Waals surface area contributed by atoms with Crippen LogP contribution in [0.25, 0.3) is 11.3 Å². The zero-order valence-corrected chi connectivity index (χ0v) is 17.0. The number of rotatable bonds is 7. The molecule has 0 radical (unpaired) electrons. The van der Waals surface area contributed by atoms with Crippen LogP contribution in [0.3, 0.4) is 0 Å². The first kappa shape index (κ1) is 19.6. The molecule has 29 heavy (non-hydrogen) atoms. The smallest absolute Gasteiger partial charge is 0.227 e. The molecule has 1 fully saturated rings. The number of hydrogen-bond donors (Lipinski definition) is 1. The Morgan fingerprint density at radius 1 is 1.17 bits per heavy atom. The molecule has 3 heterocycles. The van der Waals surface area contributed by atoms with Crippen LogP contribution in [0.15, 0.2) is 42.9 Å². The van der Waals surface area contributed by atoms with E-state index in [1.807, 2.05) is 35.1 Å². The van der Waals surface area contributed by atoms with Crippen molar-refractivity contribution < 1.29 is 9.47 Å². The SMILES string of the molecule is COc1ccccc1Nc1ncc(Cl)c(-c2cnn(CCN3CCOCC3)c2)n1. The molecule has 1 saturated heterocycles. The second kappa shape index (κ2) is 9.21. The van der Waals surface area contributed by atoms with Crippen molar-refractivity contribution in [2.75, 3.05) is 45.3 Å². The Morgan fingerprint density at radius 3 is 2.83 bits per heavy atom. The number of para-hydroxylation sites is 2. The highest BCUT2D eigenvalue weighted by atomic mass is 35.5. The lowest BCUT2D eigenvalue weighted by Crippen LogP contribution is -2.38. The van der Waals surface area contributed by atoms with Crippen molar-refractivity contribution in [1.82, 2.24) is 24.6 Å². The molecular weight excluding hydrogens is 392 g/mol. The summed E-state index contributed by atoms with van der Waals surface area (Å²) in [5.41, 5.74) is 2.27. The highest BCUT2D eigenvalue weighted by molar-refractivity contribution is 6.32. The molecule has 0 atom stereocenters. The number of halogens is 1. The average Bonchev–Trinajstić information content (AvgIpc) is 3.23. The number of aromatic nitrogens is 4. The van der Waals surface area contributed by atoms with Crippen LogP contribution < -0.4 is 10.1 Å². The summed E-state index contributed by atoms with van der Waals surface area (Å²) in [7, 11) is 1.62. The van der Waals surface area contributed by atoms with Gasteiger partial charge >= 0.3 is 0 Å². The van der Waals surface area contributed by atoms with Crippen molar-refractivity contribution in [2.24, 2.45) is 0 Å². The standard InChI is InChI=1S/C20H23ClN6O2/c1-28-18-5-3-2-4-17(18)24-20-22-13-16(21)19(25-20)15-12-23-27(14-15)7-6-26-8-10-29-11-9-26/h2-5,12-14H,6-11H2,1H3,(H,22,24,25). The summed E-state index contributed by atoms with van der Waals surface area (Å²) < 4.78 is 12.7. The van der Waals surface area contributed by atoms with Gasteiger partial charge in [-0.3, -0.25) is 9.58 Å². The Bertz CT molecular complexity index is 958. The number of benzene rings is 1. The molecule has 3 aromatic rings. The summed E-state index contributed by atoms with van der Waals surface area (Å²) in [4.78, 5) is 11.2. The van der Waals surface area contributed by atoms with Gasteiger partial charge in [0.25, 0.3) is 0 Å². The first-order valence-electron chi connectivity index (χ1n) is 9.48. The van der Waals surface area contributed by atoms with E-state index in [9.17, 15) is 0 Å². The molecule has 1 N–H and O–H groups in total. The molecule has 152 valence electrons. The Morgan fingerprint density at radius 2 is 2.00 bits per heavy atom. The van der Waals surface area contributed by atoms with Crippen LogP contribution in [-0.4, -0.2) is 64.6 Å². The molecular formula is C20H23ClN6O2. The Labute approximate surface area is 174 Å². The lowest BCUT2D eigenvalue weighted by molar-refractivity contribution is 0.0360. The van der Waals surface area contributed by atoms with Crippen LogP contribution in [0.2, 0.25) is 5.02 Å². The third kappa shape index (κ3) is 4.84. The van der Waals surface area contributed by atoms with E-state index < -0.39 is 0 Å². The van der Waals surface area contributed by atoms with E-state index >= 15 is 0 Å². The third-order valence-electron chi connectivity index (χ3n) is 4.75. The summed E-state index contributed by atoms with van der Waals surface area (Å²) >= 11 is 6.36. The Kier molecular flexibility index (Phi) is 6.24. The molecule has 1 aromatic carbocycles. The van der Waals surface area contributed by atoms with Crippen LogP contribution >= 0.6 is 11.6 Å². The largest absolute Gasteiger partial charge is 0.495 e. The van der Waals surface area contributed by atoms with Crippen LogP contribution in [0, 0.1) is 0 Å². The van der Waals surface area contributed by atoms with Crippen LogP contribution in [-0.2, 0) is 11.3 Å². The molecule has 2 aromatic heterocycles. The molecule has 0 spiro atoms. The quantitative estimate of drug-likeness (QED) is 0.636. The fourth-order valence-corrected chi connectivity index (χ4v) is 3.38. The number of nitrogens with zero attached hydrogens (tertiary/aromatic N) is 5. The van der Waals surface area contributed by atoms with Gasteiger partial charge in [0.05, 0.1) is 55.7 Å². The van der Waals surface area contributed by atoms with E-state index in [4.69, 9.17) is 21.1 Å². The van der Waals surface area contributed by atoms with Gasteiger partial charge in [-0.15, -0.1) is 0 Å². The predicted octanol–water partition coefficient (Wildman–Crippen LogP) is 3.08. The monoisotopic (exact) mass is 414 g/mol. The summed E-state index contributed by atoms with van der Waals surface area (Å²) in [5.74, 6) is 1.15. The minimum Gasteiger partial charge on any atom is -0.495 e. The van der Waals surface area contributed by atoms with Crippen molar-refractivity contribution in [1.29, 1.82) is 0 Å². The maximum Gasteiger partial charge on any atom is 0.227 e. The molecule has 0 aliphatic carbocycles. The minimum absolute atomic E-state index is 0.440. The highest BCUT2D eigenvalue weighted by Crippen LogP contribution is 2.29. The summed E-state index contributed by atoms with van der Waals surface area (Å²) in [6.45, 7) is 5.25. The molecule has 8 nitrogen and oxygen atoms in total. The van der Waals surface area contributed by atoms with Crippen molar-refractivity contribution in [3.05, 3.63) is 47.9 Å². The molecule has 1 aliphatic rings. The number of ether oxygens (including phenoxy) is 2. The van der Waals surface area contributed by atoms with Crippen LogP contribution in [0.5, 0.6) is 5.75 Å². The number of anilines is 2. The number of nitrogens with one attached hydrogen (secondary N) is 1. The fraction of sp³-hybridized carbons (Fsp3) is 0.350. The first-order valence-corrected chi connectivity index (χ1v) is 9.86. The zero-order valence-electron chi connectivity index (χ0n) is 16.2. The van der Waals surface area contributed by atoms with E-state index in [1.54, 1.807) is 19.5 Å². The van der Waals surface area contributed by atoms with E-state index in [2.05, 4.69) is 25.3 Å². The van der Waals surface area contributed by atoms with Crippen molar-refractivity contribution in [2.45, 2.75) is 6.54 Å². The van der Waals surface area contributed by atoms with Crippen LogP contribution in [0.4, 0.5) is 11.6 Å². The minimum atomic E-state index is 0.440. The Hall–Kier alpha value is -2.68. The van der Waals surface area contributed by atoms with Crippen molar-refractivity contribution in [3.8, 4) is 17.0 Å².